The van der Waals surface area contributed by atoms with Crippen molar-refractivity contribution in [2.75, 3.05) is 11.9 Å². The van der Waals surface area contributed by atoms with Gasteiger partial charge in [0.1, 0.15) is 11.2 Å². The lowest BCUT2D eigenvalue weighted by Crippen LogP contribution is -2.36. The van der Waals surface area contributed by atoms with Crippen LogP contribution in [0, 0.1) is 6.92 Å². The summed E-state index contributed by atoms with van der Waals surface area (Å²) in [6.45, 7) is 3.19. The van der Waals surface area contributed by atoms with Gasteiger partial charge in [0.05, 0.1) is 6.42 Å². The topological polar surface area (TPSA) is 62.6 Å². The highest BCUT2D eigenvalue weighted by atomic mass is 79.9. The first-order valence-corrected chi connectivity index (χ1v) is 13.1. The molecular formula is C31H25BrN2O3. The van der Waals surface area contributed by atoms with Crippen LogP contribution in [0.25, 0.3) is 21.9 Å². The van der Waals surface area contributed by atoms with Gasteiger partial charge in [-0.1, -0.05) is 52.3 Å². The fraction of sp³-hybridized carbons (Fsp3) is 0.161. The van der Waals surface area contributed by atoms with Gasteiger partial charge in [0.25, 0.3) is 5.91 Å². The summed E-state index contributed by atoms with van der Waals surface area (Å²) in [6, 6.07) is 25.5. The summed E-state index contributed by atoms with van der Waals surface area (Å²) in [5.41, 5.74) is 7.32. The maximum absolute atomic E-state index is 13.2. The molecule has 2 amide bonds. The number of nitrogens with one attached hydrogen (secondary N) is 1. The Morgan fingerprint density at radius 1 is 0.919 bits per heavy atom. The maximum atomic E-state index is 13.2. The average molecular weight is 553 g/mol. The van der Waals surface area contributed by atoms with Crippen LogP contribution in [0.5, 0.6) is 0 Å². The van der Waals surface area contributed by atoms with Crippen molar-refractivity contribution < 1.29 is 14.0 Å². The van der Waals surface area contributed by atoms with E-state index >= 15 is 0 Å². The second-order valence-electron chi connectivity index (χ2n) is 9.57. The van der Waals surface area contributed by atoms with E-state index in [1.165, 1.54) is 5.56 Å². The number of benzene rings is 4. The number of para-hydroxylation sites is 1. The van der Waals surface area contributed by atoms with Crippen molar-refractivity contribution in [2.24, 2.45) is 0 Å². The number of amides is 2. The Morgan fingerprint density at radius 2 is 1.76 bits per heavy atom. The average Bonchev–Trinajstić information content (AvgIpc) is 3.26. The molecule has 0 radical (unpaired) electrons. The van der Waals surface area contributed by atoms with Crippen molar-refractivity contribution in [3.63, 3.8) is 0 Å². The minimum atomic E-state index is -0.0821. The number of furan rings is 1. The Balaban J connectivity index is 1.16. The number of rotatable bonds is 4. The van der Waals surface area contributed by atoms with Crippen LogP contribution < -0.4 is 5.32 Å². The zero-order valence-corrected chi connectivity index (χ0v) is 22.0. The van der Waals surface area contributed by atoms with Gasteiger partial charge < -0.3 is 14.6 Å². The van der Waals surface area contributed by atoms with Gasteiger partial charge in [-0.05, 0) is 78.1 Å². The highest BCUT2D eigenvalue weighted by Crippen LogP contribution is 2.31. The fourth-order valence-electron chi connectivity index (χ4n) is 5.13. The van der Waals surface area contributed by atoms with Gasteiger partial charge in [-0.25, -0.2) is 0 Å². The number of halogens is 1. The van der Waals surface area contributed by atoms with Crippen LogP contribution in [0.15, 0.2) is 87.8 Å². The molecule has 37 heavy (non-hydrogen) atoms. The molecular weight excluding hydrogens is 528 g/mol. The third-order valence-electron chi connectivity index (χ3n) is 7.01. The van der Waals surface area contributed by atoms with Gasteiger partial charge in [-0.3, -0.25) is 9.59 Å². The van der Waals surface area contributed by atoms with Gasteiger partial charge in [0.2, 0.25) is 5.91 Å². The number of aryl methyl sites for hydroxylation is 1. The Bertz CT molecular complexity index is 1690. The standard InChI is InChI=1S/C31H25BrN2O3/c1-19-14-23(32)8-10-25(19)31(36)34-13-12-21-7-6-20(15-22(21)18-34)16-30(35)33-24-9-11-29-27(17-24)26-4-2-3-5-28(26)37-29/h2-11,14-15,17H,12-13,16,18H2,1H3,(H,33,35). The van der Waals surface area contributed by atoms with Gasteiger partial charge >= 0.3 is 0 Å². The fourth-order valence-corrected chi connectivity index (χ4v) is 5.60. The normalized spacial score (nSPS) is 13.1. The third kappa shape index (κ3) is 4.65. The van der Waals surface area contributed by atoms with E-state index in [4.69, 9.17) is 4.42 Å². The van der Waals surface area contributed by atoms with E-state index in [0.29, 0.717) is 13.1 Å². The summed E-state index contributed by atoms with van der Waals surface area (Å²) in [5.74, 6) is -0.0395. The van der Waals surface area contributed by atoms with Crippen molar-refractivity contribution >= 4 is 55.4 Å². The lowest BCUT2D eigenvalue weighted by molar-refractivity contribution is -0.115. The number of anilines is 1. The number of hydrogen-bond acceptors (Lipinski definition) is 3. The second-order valence-corrected chi connectivity index (χ2v) is 10.5. The Labute approximate surface area is 223 Å². The monoisotopic (exact) mass is 552 g/mol. The first-order chi connectivity index (χ1) is 17.9. The first kappa shape index (κ1) is 23.5. The maximum Gasteiger partial charge on any atom is 0.254 e. The molecule has 0 saturated heterocycles. The third-order valence-corrected chi connectivity index (χ3v) is 7.51. The zero-order chi connectivity index (χ0) is 25.5. The predicted molar refractivity (Wildman–Crippen MR) is 150 cm³/mol. The predicted octanol–water partition coefficient (Wildman–Crippen LogP) is 7.04. The van der Waals surface area contributed by atoms with Crippen molar-refractivity contribution in [1.29, 1.82) is 0 Å². The molecule has 2 heterocycles. The van der Waals surface area contributed by atoms with E-state index in [1.807, 2.05) is 78.6 Å². The second kappa shape index (κ2) is 9.52. The molecule has 6 heteroatoms. The number of carbonyl (C=O) groups excluding carboxylic acids is 2. The molecule has 1 aliphatic heterocycles. The van der Waals surface area contributed by atoms with E-state index < -0.39 is 0 Å². The molecule has 0 bridgehead atoms. The molecule has 4 aromatic carbocycles. The largest absolute Gasteiger partial charge is 0.456 e. The van der Waals surface area contributed by atoms with Crippen LogP contribution in [0.4, 0.5) is 5.69 Å². The molecule has 0 fully saturated rings. The molecule has 0 unspecified atom stereocenters. The summed E-state index contributed by atoms with van der Waals surface area (Å²) in [4.78, 5) is 28.0. The minimum Gasteiger partial charge on any atom is -0.456 e. The summed E-state index contributed by atoms with van der Waals surface area (Å²) in [6.07, 6.45) is 1.07. The lowest BCUT2D eigenvalue weighted by atomic mass is 9.95. The number of nitrogens with zero attached hydrogens (tertiary/aromatic N) is 1. The van der Waals surface area contributed by atoms with Gasteiger partial charge in [-0.2, -0.15) is 0 Å². The van der Waals surface area contributed by atoms with Crippen molar-refractivity contribution in [2.45, 2.75) is 26.3 Å². The highest BCUT2D eigenvalue weighted by Gasteiger charge is 2.23. The summed E-state index contributed by atoms with van der Waals surface area (Å²) < 4.78 is 6.85. The van der Waals surface area contributed by atoms with Crippen LogP contribution in [0.2, 0.25) is 0 Å². The van der Waals surface area contributed by atoms with E-state index in [9.17, 15) is 9.59 Å². The molecule has 6 rings (SSSR count). The van der Waals surface area contributed by atoms with Crippen LogP contribution in [-0.4, -0.2) is 23.3 Å². The van der Waals surface area contributed by atoms with Crippen LogP contribution in [0.1, 0.15) is 32.6 Å². The van der Waals surface area contributed by atoms with Gasteiger partial charge in [0, 0.05) is 39.6 Å². The van der Waals surface area contributed by atoms with E-state index in [1.54, 1.807) is 0 Å². The van der Waals surface area contributed by atoms with E-state index in [0.717, 1.165) is 60.8 Å². The Kier molecular flexibility index (Phi) is 6.05. The summed E-state index contributed by atoms with van der Waals surface area (Å²) in [7, 11) is 0. The molecule has 0 atom stereocenters. The number of hydrogen-bond donors (Lipinski definition) is 1. The van der Waals surface area contributed by atoms with Crippen molar-refractivity contribution in [1.82, 2.24) is 4.90 Å². The van der Waals surface area contributed by atoms with E-state index in [2.05, 4.69) is 33.4 Å². The molecule has 1 aliphatic rings. The molecule has 5 nitrogen and oxygen atoms in total. The van der Waals surface area contributed by atoms with Crippen LogP contribution in [-0.2, 0) is 24.2 Å². The van der Waals surface area contributed by atoms with Crippen LogP contribution >= 0.6 is 15.9 Å². The van der Waals surface area contributed by atoms with Crippen molar-refractivity contribution in [3.8, 4) is 0 Å². The molecule has 0 aliphatic carbocycles. The number of carbonyl (C=O) groups is 2. The molecule has 0 saturated carbocycles. The summed E-state index contributed by atoms with van der Waals surface area (Å²) in [5, 5.41) is 5.04. The molecule has 5 aromatic rings. The first-order valence-electron chi connectivity index (χ1n) is 12.3. The van der Waals surface area contributed by atoms with E-state index in [-0.39, 0.29) is 18.2 Å². The Morgan fingerprint density at radius 3 is 2.62 bits per heavy atom. The van der Waals surface area contributed by atoms with Crippen molar-refractivity contribution in [3.05, 3.63) is 111 Å². The molecule has 1 aromatic heterocycles. The summed E-state index contributed by atoms with van der Waals surface area (Å²) >= 11 is 3.47. The SMILES string of the molecule is Cc1cc(Br)ccc1C(=O)N1CCc2ccc(CC(=O)Nc3ccc4oc5ccccc5c4c3)cc2C1. The van der Waals surface area contributed by atoms with Gasteiger partial charge in [-0.15, -0.1) is 0 Å². The van der Waals surface area contributed by atoms with Gasteiger partial charge in [0.15, 0.2) is 0 Å². The zero-order valence-electron chi connectivity index (χ0n) is 20.4. The molecule has 1 N–H and O–H groups in total. The quantitative estimate of drug-likeness (QED) is 0.260. The smallest absolute Gasteiger partial charge is 0.254 e. The molecule has 184 valence electrons. The minimum absolute atomic E-state index is 0.0426. The highest BCUT2D eigenvalue weighted by molar-refractivity contribution is 9.10. The number of fused-ring (bicyclic) bond motifs is 4. The van der Waals surface area contributed by atoms with Crippen LogP contribution in [0.3, 0.4) is 0 Å². The molecule has 0 spiro atoms. The lowest BCUT2D eigenvalue weighted by Gasteiger charge is -2.30. The Hall–Kier alpha value is -3.90.